The van der Waals surface area contributed by atoms with Crippen molar-refractivity contribution in [2.45, 2.75) is 6.42 Å². The van der Waals surface area contributed by atoms with Crippen molar-refractivity contribution < 1.29 is 14.2 Å². The molecule has 0 heterocycles. The van der Waals surface area contributed by atoms with Crippen LogP contribution in [0.5, 0.6) is 11.5 Å². The van der Waals surface area contributed by atoms with Gasteiger partial charge in [-0.1, -0.05) is 6.07 Å². The van der Waals surface area contributed by atoms with E-state index in [1.807, 2.05) is 18.2 Å². The Bertz CT molecular complexity index is 302. The molecule has 84 valence electrons. The van der Waals surface area contributed by atoms with E-state index in [-0.39, 0.29) is 6.79 Å². The van der Waals surface area contributed by atoms with Crippen LogP contribution in [0, 0.1) is 0 Å². The highest BCUT2D eigenvalue weighted by Crippen LogP contribution is 2.28. The summed E-state index contributed by atoms with van der Waals surface area (Å²) in [6.45, 7) is 0.832. The summed E-state index contributed by atoms with van der Waals surface area (Å²) in [5.74, 6) is 1.39. The molecule has 4 nitrogen and oxygen atoms in total. The third kappa shape index (κ3) is 3.42. The lowest BCUT2D eigenvalue weighted by Crippen LogP contribution is -2.04. The minimum absolute atomic E-state index is 0.211. The molecule has 0 saturated heterocycles. The standard InChI is InChI=1S/C11H17NO3/c1-13-8-15-11-7-9(5-6-12)3-4-10(11)14-2/h3-4,7H,5-6,8,12H2,1-2H3. The Hall–Kier alpha value is -1.26. The fourth-order valence-corrected chi connectivity index (χ4v) is 1.28. The van der Waals surface area contributed by atoms with Gasteiger partial charge >= 0.3 is 0 Å². The van der Waals surface area contributed by atoms with E-state index in [0.29, 0.717) is 18.0 Å². The minimum atomic E-state index is 0.211. The second-order valence-corrected chi connectivity index (χ2v) is 3.07. The van der Waals surface area contributed by atoms with Gasteiger partial charge < -0.3 is 19.9 Å². The Morgan fingerprint density at radius 3 is 2.60 bits per heavy atom. The van der Waals surface area contributed by atoms with Crippen LogP contribution in [0.1, 0.15) is 5.56 Å². The zero-order valence-corrected chi connectivity index (χ0v) is 9.16. The third-order valence-corrected chi connectivity index (χ3v) is 1.99. The lowest BCUT2D eigenvalue weighted by Gasteiger charge is -2.11. The molecule has 15 heavy (non-hydrogen) atoms. The van der Waals surface area contributed by atoms with E-state index < -0.39 is 0 Å². The molecule has 0 spiro atoms. The Morgan fingerprint density at radius 1 is 1.20 bits per heavy atom. The van der Waals surface area contributed by atoms with Gasteiger partial charge in [0, 0.05) is 7.11 Å². The first-order chi connectivity index (χ1) is 7.31. The van der Waals surface area contributed by atoms with Crippen LogP contribution in [0.2, 0.25) is 0 Å². The highest BCUT2D eigenvalue weighted by Gasteiger charge is 2.05. The molecule has 4 heteroatoms. The minimum Gasteiger partial charge on any atom is -0.493 e. The van der Waals surface area contributed by atoms with Crippen molar-refractivity contribution in [1.29, 1.82) is 0 Å². The summed E-state index contributed by atoms with van der Waals surface area (Å²) >= 11 is 0. The lowest BCUT2D eigenvalue weighted by atomic mass is 10.1. The van der Waals surface area contributed by atoms with Crippen molar-refractivity contribution in [2.75, 3.05) is 27.6 Å². The van der Waals surface area contributed by atoms with Gasteiger partial charge in [0.15, 0.2) is 18.3 Å². The summed E-state index contributed by atoms with van der Waals surface area (Å²) < 4.78 is 15.4. The van der Waals surface area contributed by atoms with E-state index >= 15 is 0 Å². The van der Waals surface area contributed by atoms with E-state index in [4.69, 9.17) is 19.9 Å². The van der Waals surface area contributed by atoms with Crippen molar-refractivity contribution in [3.05, 3.63) is 23.8 Å². The van der Waals surface area contributed by atoms with Gasteiger partial charge in [0.05, 0.1) is 7.11 Å². The Kier molecular flexibility index (Phi) is 4.93. The fraction of sp³-hybridized carbons (Fsp3) is 0.455. The first-order valence-electron chi connectivity index (χ1n) is 4.80. The highest BCUT2D eigenvalue weighted by atomic mass is 16.7. The van der Waals surface area contributed by atoms with Crippen LogP contribution in [0.3, 0.4) is 0 Å². The highest BCUT2D eigenvalue weighted by molar-refractivity contribution is 5.42. The summed E-state index contributed by atoms with van der Waals surface area (Å²) in [6.07, 6.45) is 0.827. The molecule has 0 aliphatic heterocycles. The average molecular weight is 211 g/mol. The number of hydrogen-bond donors (Lipinski definition) is 1. The third-order valence-electron chi connectivity index (χ3n) is 1.99. The number of benzene rings is 1. The van der Waals surface area contributed by atoms with E-state index in [0.717, 1.165) is 12.0 Å². The zero-order chi connectivity index (χ0) is 11.1. The first kappa shape index (κ1) is 11.8. The van der Waals surface area contributed by atoms with Crippen LogP contribution in [0.25, 0.3) is 0 Å². The molecular formula is C11H17NO3. The molecule has 0 aromatic heterocycles. The Morgan fingerprint density at radius 2 is 2.00 bits per heavy atom. The van der Waals surface area contributed by atoms with E-state index in [9.17, 15) is 0 Å². The van der Waals surface area contributed by atoms with Crippen LogP contribution in [-0.4, -0.2) is 27.6 Å². The second-order valence-electron chi connectivity index (χ2n) is 3.07. The quantitative estimate of drug-likeness (QED) is 0.718. The maximum atomic E-state index is 5.48. The van der Waals surface area contributed by atoms with Gasteiger partial charge in [-0.15, -0.1) is 0 Å². The molecule has 2 N–H and O–H groups in total. The maximum Gasteiger partial charge on any atom is 0.188 e. The van der Waals surface area contributed by atoms with Crippen LogP contribution < -0.4 is 15.2 Å². The Balaban J connectivity index is 2.81. The van der Waals surface area contributed by atoms with Crippen molar-refractivity contribution >= 4 is 0 Å². The van der Waals surface area contributed by atoms with Crippen LogP contribution in [0.15, 0.2) is 18.2 Å². The predicted octanol–water partition coefficient (Wildman–Crippen LogP) is 1.18. The van der Waals surface area contributed by atoms with Gasteiger partial charge in [0.1, 0.15) is 0 Å². The van der Waals surface area contributed by atoms with E-state index in [2.05, 4.69) is 0 Å². The first-order valence-corrected chi connectivity index (χ1v) is 4.80. The summed E-state index contributed by atoms with van der Waals surface area (Å²) in [5.41, 5.74) is 6.61. The molecule has 1 rings (SSSR count). The Labute approximate surface area is 89.9 Å². The molecular weight excluding hydrogens is 194 g/mol. The summed E-state index contributed by atoms with van der Waals surface area (Å²) in [6, 6.07) is 5.77. The number of rotatable bonds is 6. The SMILES string of the molecule is COCOc1cc(CCN)ccc1OC. The van der Waals surface area contributed by atoms with E-state index in [1.54, 1.807) is 14.2 Å². The number of methoxy groups -OCH3 is 2. The average Bonchev–Trinajstić information content (AvgIpc) is 2.27. The predicted molar refractivity (Wildman–Crippen MR) is 58.3 cm³/mol. The van der Waals surface area contributed by atoms with Crippen molar-refractivity contribution in [2.24, 2.45) is 5.73 Å². The molecule has 0 radical (unpaired) electrons. The van der Waals surface area contributed by atoms with Crippen molar-refractivity contribution in [3.63, 3.8) is 0 Å². The van der Waals surface area contributed by atoms with Gasteiger partial charge in [-0.3, -0.25) is 0 Å². The van der Waals surface area contributed by atoms with E-state index in [1.165, 1.54) is 0 Å². The van der Waals surface area contributed by atoms with Crippen molar-refractivity contribution in [1.82, 2.24) is 0 Å². The van der Waals surface area contributed by atoms with Crippen LogP contribution >= 0.6 is 0 Å². The van der Waals surface area contributed by atoms with Crippen molar-refractivity contribution in [3.8, 4) is 11.5 Å². The number of nitrogens with two attached hydrogens (primary N) is 1. The van der Waals surface area contributed by atoms with Crippen LogP contribution in [0.4, 0.5) is 0 Å². The van der Waals surface area contributed by atoms with Gasteiger partial charge in [-0.25, -0.2) is 0 Å². The normalized spacial score (nSPS) is 10.1. The molecule has 0 aliphatic carbocycles. The largest absolute Gasteiger partial charge is 0.493 e. The molecule has 0 atom stereocenters. The smallest absolute Gasteiger partial charge is 0.188 e. The summed E-state index contributed by atoms with van der Waals surface area (Å²) in [7, 11) is 3.19. The number of ether oxygens (including phenoxy) is 3. The number of hydrogen-bond acceptors (Lipinski definition) is 4. The molecule has 0 unspecified atom stereocenters. The zero-order valence-electron chi connectivity index (χ0n) is 9.16. The van der Waals surface area contributed by atoms with Crippen LogP contribution in [-0.2, 0) is 11.2 Å². The molecule has 1 aromatic carbocycles. The second kappa shape index (κ2) is 6.27. The topological polar surface area (TPSA) is 53.7 Å². The maximum absolute atomic E-state index is 5.48. The molecule has 1 aromatic rings. The molecule has 0 aliphatic rings. The molecule has 0 saturated carbocycles. The van der Waals surface area contributed by atoms with Gasteiger partial charge in [0.2, 0.25) is 0 Å². The van der Waals surface area contributed by atoms with Gasteiger partial charge in [0.25, 0.3) is 0 Å². The van der Waals surface area contributed by atoms with Gasteiger partial charge in [-0.05, 0) is 30.7 Å². The van der Waals surface area contributed by atoms with Gasteiger partial charge in [-0.2, -0.15) is 0 Å². The lowest BCUT2D eigenvalue weighted by molar-refractivity contribution is 0.0491. The summed E-state index contributed by atoms with van der Waals surface area (Å²) in [5, 5.41) is 0. The summed E-state index contributed by atoms with van der Waals surface area (Å²) in [4.78, 5) is 0. The molecule has 0 fully saturated rings. The molecule has 0 amide bonds. The fourth-order valence-electron chi connectivity index (χ4n) is 1.28. The molecule has 0 bridgehead atoms. The monoisotopic (exact) mass is 211 g/mol.